The number of para-hydroxylation sites is 2. The fourth-order valence-electron chi connectivity index (χ4n) is 2.16. The molecule has 0 aliphatic heterocycles. The van der Waals surface area contributed by atoms with E-state index >= 15 is 0 Å². The van der Waals surface area contributed by atoms with Crippen molar-refractivity contribution in [2.24, 2.45) is 0 Å². The summed E-state index contributed by atoms with van der Waals surface area (Å²) < 4.78 is 2.62. The van der Waals surface area contributed by atoms with Crippen LogP contribution in [-0.2, 0) is 0 Å². The predicted octanol–water partition coefficient (Wildman–Crippen LogP) is 3.64. The van der Waals surface area contributed by atoms with Gasteiger partial charge in [-0.05, 0) is 53.8 Å². The van der Waals surface area contributed by atoms with E-state index < -0.39 is 0 Å². The van der Waals surface area contributed by atoms with Crippen LogP contribution in [0.1, 0.15) is 16.2 Å². The third-order valence-corrected chi connectivity index (χ3v) is 3.98. The highest BCUT2D eigenvalue weighted by Crippen LogP contribution is 2.19. The fourth-order valence-corrected chi connectivity index (χ4v) is 2.78. The normalized spacial score (nSPS) is 10.8. The molecule has 0 N–H and O–H groups in total. The number of benzene rings is 2. The molecule has 0 aliphatic rings. The van der Waals surface area contributed by atoms with Crippen LogP contribution in [0.2, 0.25) is 0 Å². The summed E-state index contributed by atoms with van der Waals surface area (Å²) in [6, 6.07) is 15.3. The van der Waals surface area contributed by atoms with Crippen LogP contribution in [0.5, 0.6) is 0 Å². The minimum Gasteiger partial charge on any atom is -0.268 e. The number of hydrogen-bond acceptors (Lipinski definition) is 2. The van der Waals surface area contributed by atoms with Crippen molar-refractivity contribution < 1.29 is 4.79 Å². The zero-order chi connectivity index (χ0) is 13.4. The maximum Gasteiger partial charge on any atom is 0.264 e. The molecule has 1 aromatic heterocycles. The lowest BCUT2D eigenvalue weighted by molar-refractivity contribution is 0.0961. The first-order chi connectivity index (χ1) is 9.18. The number of carbonyl (C=O) groups is 1. The smallest absolute Gasteiger partial charge is 0.264 e. The lowest BCUT2D eigenvalue weighted by atomic mass is 10.2. The highest BCUT2D eigenvalue weighted by atomic mass is 127. The SMILES string of the molecule is Cc1nc2ccccc2n1C(=O)c1ccccc1I. The Morgan fingerprint density at radius 1 is 1.11 bits per heavy atom. The summed E-state index contributed by atoms with van der Waals surface area (Å²) in [4.78, 5) is 17.1. The maximum absolute atomic E-state index is 12.7. The van der Waals surface area contributed by atoms with Gasteiger partial charge in [-0.3, -0.25) is 9.36 Å². The van der Waals surface area contributed by atoms with Gasteiger partial charge in [0, 0.05) is 3.57 Å². The summed E-state index contributed by atoms with van der Waals surface area (Å²) >= 11 is 2.18. The molecule has 0 fully saturated rings. The Labute approximate surface area is 124 Å². The van der Waals surface area contributed by atoms with Gasteiger partial charge in [0.1, 0.15) is 5.82 Å². The average molecular weight is 362 g/mol. The molecule has 1 heterocycles. The van der Waals surface area contributed by atoms with E-state index in [2.05, 4.69) is 27.6 Å². The van der Waals surface area contributed by atoms with Crippen LogP contribution >= 0.6 is 22.6 Å². The van der Waals surface area contributed by atoms with E-state index in [0.29, 0.717) is 11.4 Å². The first kappa shape index (κ1) is 12.3. The summed E-state index contributed by atoms with van der Waals surface area (Å²) in [5.41, 5.74) is 2.40. The van der Waals surface area contributed by atoms with Gasteiger partial charge in [-0.1, -0.05) is 24.3 Å². The second-order valence-electron chi connectivity index (χ2n) is 4.27. The van der Waals surface area contributed by atoms with E-state index in [4.69, 9.17) is 0 Å². The van der Waals surface area contributed by atoms with Crippen molar-refractivity contribution in [2.75, 3.05) is 0 Å². The van der Waals surface area contributed by atoms with Crippen molar-refractivity contribution in [1.29, 1.82) is 0 Å². The van der Waals surface area contributed by atoms with Gasteiger partial charge in [0.05, 0.1) is 16.6 Å². The first-order valence-corrected chi connectivity index (χ1v) is 6.99. The number of carbonyl (C=O) groups excluding carboxylic acids is 1. The molecule has 3 rings (SSSR count). The zero-order valence-electron chi connectivity index (χ0n) is 10.3. The third kappa shape index (κ3) is 2.06. The second-order valence-corrected chi connectivity index (χ2v) is 5.43. The fraction of sp³-hybridized carbons (Fsp3) is 0.0667. The van der Waals surface area contributed by atoms with Crippen LogP contribution < -0.4 is 0 Å². The number of fused-ring (bicyclic) bond motifs is 1. The van der Waals surface area contributed by atoms with Crippen LogP contribution in [0.25, 0.3) is 11.0 Å². The van der Waals surface area contributed by atoms with Gasteiger partial charge in [-0.25, -0.2) is 4.98 Å². The Morgan fingerprint density at radius 3 is 2.58 bits per heavy atom. The van der Waals surface area contributed by atoms with E-state index in [1.165, 1.54) is 0 Å². The molecule has 3 aromatic rings. The Kier molecular flexibility index (Phi) is 3.10. The lowest BCUT2D eigenvalue weighted by Crippen LogP contribution is -2.14. The second kappa shape index (κ2) is 4.77. The minimum atomic E-state index is -0.0313. The zero-order valence-corrected chi connectivity index (χ0v) is 12.5. The van der Waals surface area contributed by atoms with E-state index in [1.807, 2.05) is 55.5 Å². The number of nitrogens with zero attached hydrogens (tertiary/aromatic N) is 2. The molecule has 0 saturated carbocycles. The summed E-state index contributed by atoms with van der Waals surface area (Å²) in [6.07, 6.45) is 0. The van der Waals surface area contributed by atoms with Gasteiger partial charge in [0.15, 0.2) is 0 Å². The van der Waals surface area contributed by atoms with Crippen LogP contribution in [0.4, 0.5) is 0 Å². The molecule has 0 bridgehead atoms. The van der Waals surface area contributed by atoms with E-state index in [9.17, 15) is 4.79 Å². The highest BCUT2D eigenvalue weighted by Gasteiger charge is 2.17. The molecule has 0 spiro atoms. The number of imidazole rings is 1. The summed E-state index contributed by atoms with van der Waals surface area (Å²) in [5, 5.41) is 0. The van der Waals surface area contributed by atoms with Gasteiger partial charge < -0.3 is 0 Å². The van der Waals surface area contributed by atoms with Crippen molar-refractivity contribution in [3.05, 3.63) is 63.5 Å². The molecular formula is C15H11IN2O. The largest absolute Gasteiger partial charge is 0.268 e. The predicted molar refractivity (Wildman–Crippen MR) is 83.4 cm³/mol. The van der Waals surface area contributed by atoms with E-state index in [-0.39, 0.29) is 5.91 Å². The van der Waals surface area contributed by atoms with E-state index in [0.717, 1.165) is 14.6 Å². The molecule has 4 heteroatoms. The molecular weight excluding hydrogens is 351 g/mol. The molecule has 3 nitrogen and oxygen atoms in total. The standard InChI is InChI=1S/C15H11IN2O/c1-10-17-13-8-4-5-9-14(13)18(10)15(19)11-6-2-3-7-12(11)16/h2-9H,1H3. The molecule has 19 heavy (non-hydrogen) atoms. The molecule has 94 valence electrons. The molecule has 0 atom stereocenters. The van der Waals surface area contributed by atoms with Crippen molar-refractivity contribution in [2.45, 2.75) is 6.92 Å². The third-order valence-electron chi connectivity index (χ3n) is 3.04. The van der Waals surface area contributed by atoms with Crippen LogP contribution in [-0.4, -0.2) is 15.5 Å². The lowest BCUT2D eigenvalue weighted by Gasteiger charge is -2.07. The van der Waals surface area contributed by atoms with Crippen molar-refractivity contribution in [1.82, 2.24) is 9.55 Å². The number of aryl methyl sites for hydroxylation is 1. The Morgan fingerprint density at radius 2 is 1.79 bits per heavy atom. The summed E-state index contributed by atoms with van der Waals surface area (Å²) in [7, 11) is 0. The van der Waals surface area contributed by atoms with Gasteiger partial charge in [-0.2, -0.15) is 0 Å². The van der Waals surface area contributed by atoms with Crippen LogP contribution in [0.3, 0.4) is 0 Å². The maximum atomic E-state index is 12.7. The Hall–Kier alpha value is -1.69. The number of aromatic nitrogens is 2. The van der Waals surface area contributed by atoms with Crippen molar-refractivity contribution in [3.8, 4) is 0 Å². The molecule has 0 aliphatic carbocycles. The number of halogens is 1. The molecule has 0 unspecified atom stereocenters. The topological polar surface area (TPSA) is 34.9 Å². The van der Waals surface area contributed by atoms with Gasteiger partial charge in [-0.15, -0.1) is 0 Å². The quantitative estimate of drug-likeness (QED) is 0.620. The first-order valence-electron chi connectivity index (χ1n) is 5.92. The average Bonchev–Trinajstić information content (AvgIpc) is 2.74. The van der Waals surface area contributed by atoms with Crippen LogP contribution in [0, 0.1) is 10.5 Å². The number of rotatable bonds is 1. The van der Waals surface area contributed by atoms with E-state index in [1.54, 1.807) is 4.57 Å². The van der Waals surface area contributed by atoms with Gasteiger partial charge >= 0.3 is 0 Å². The number of hydrogen-bond donors (Lipinski definition) is 0. The molecule has 2 aromatic carbocycles. The summed E-state index contributed by atoms with van der Waals surface area (Å²) in [5.74, 6) is 0.682. The van der Waals surface area contributed by atoms with Crippen molar-refractivity contribution >= 4 is 39.5 Å². The van der Waals surface area contributed by atoms with Crippen LogP contribution in [0.15, 0.2) is 48.5 Å². The molecule has 0 radical (unpaired) electrons. The highest BCUT2D eigenvalue weighted by molar-refractivity contribution is 14.1. The van der Waals surface area contributed by atoms with Gasteiger partial charge in [0.2, 0.25) is 0 Å². The Balaban J connectivity index is 2.23. The summed E-state index contributed by atoms with van der Waals surface area (Å²) in [6.45, 7) is 1.85. The van der Waals surface area contributed by atoms with Crippen molar-refractivity contribution in [3.63, 3.8) is 0 Å². The Bertz CT molecular complexity index is 777. The monoisotopic (exact) mass is 362 g/mol. The minimum absolute atomic E-state index is 0.0313. The van der Waals surface area contributed by atoms with Gasteiger partial charge in [0.25, 0.3) is 5.91 Å². The molecule has 0 amide bonds. The molecule has 0 saturated heterocycles.